The molecule has 0 bridgehead atoms. The average molecular weight is 192 g/mol. The van der Waals surface area contributed by atoms with Crippen LogP contribution in [-0.4, -0.2) is 40.0 Å². The van der Waals surface area contributed by atoms with Crippen LogP contribution in [0.3, 0.4) is 0 Å². The zero-order valence-corrected chi connectivity index (χ0v) is 8.91. The van der Waals surface area contributed by atoms with Crippen molar-refractivity contribution in [3.63, 3.8) is 0 Å². The SMILES string of the molecule is CCOC(CC(OC)OCC)OC. The van der Waals surface area contributed by atoms with Gasteiger partial charge in [-0.05, 0) is 13.8 Å². The van der Waals surface area contributed by atoms with Crippen molar-refractivity contribution >= 4 is 0 Å². The van der Waals surface area contributed by atoms with Crippen molar-refractivity contribution in [3.05, 3.63) is 0 Å². The van der Waals surface area contributed by atoms with Gasteiger partial charge in [0.15, 0.2) is 12.6 Å². The van der Waals surface area contributed by atoms with E-state index in [9.17, 15) is 0 Å². The first-order valence-corrected chi connectivity index (χ1v) is 4.57. The third-order valence-electron chi connectivity index (χ3n) is 1.62. The lowest BCUT2D eigenvalue weighted by atomic mass is 10.4. The van der Waals surface area contributed by atoms with Crippen molar-refractivity contribution in [2.75, 3.05) is 27.4 Å². The highest BCUT2D eigenvalue weighted by Gasteiger charge is 2.15. The molecule has 0 saturated carbocycles. The van der Waals surface area contributed by atoms with Crippen LogP contribution in [0.4, 0.5) is 0 Å². The maximum atomic E-state index is 5.29. The van der Waals surface area contributed by atoms with E-state index in [4.69, 9.17) is 18.9 Å². The Morgan fingerprint density at radius 2 is 1.23 bits per heavy atom. The van der Waals surface area contributed by atoms with Crippen LogP contribution in [0.2, 0.25) is 0 Å². The highest BCUT2D eigenvalue weighted by molar-refractivity contribution is 4.49. The van der Waals surface area contributed by atoms with Crippen molar-refractivity contribution in [2.45, 2.75) is 32.8 Å². The van der Waals surface area contributed by atoms with Gasteiger partial charge in [0.05, 0.1) is 0 Å². The smallest absolute Gasteiger partial charge is 0.162 e. The Kier molecular flexibility index (Phi) is 8.33. The molecule has 0 aliphatic carbocycles. The molecule has 13 heavy (non-hydrogen) atoms. The van der Waals surface area contributed by atoms with Gasteiger partial charge >= 0.3 is 0 Å². The van der Waals surface area contributed by atoms with Gasteiger partial charge in [0.1, 0.15) is 0 Å². The van der Waals surface area contributed by atoms with Gasteiger partial charge in [-0.2, -0.15) is 0 Å². The molecule has 2 unspecified atom stereocenters. The first-order valence-electron chi connectivity index (χ1n) is 4.57. The summed E-state index contributed by atoms with van der Waals surface area (Å²) in [6.45, 7) is 5.10. The summed E-state index contributed by atoms with van der Waals surface area (Å²) >= 11 is 0. The van der Waals surface area contributed by atoms with Crippen molar-refractivity contribution < 1.29 is 18.9 Å². The molecule has 0 spiro atoms. The monoisotopic (exact) mass is 192 g/mol. The molecule has 0 aliphatic heterocycles. The minimum absolute atomic E-state index is 0.249. The van der Waals surface area contributed by atoms with Crippen LogP contribution in [0, 0.1) is 0 Å². The van der Waals surface area contributed by atoms with Gasteiger partial charge in [-0.15, -0.1) is 0 Å². The van der Waals surface area contributed by atoms with E-state index in [-0.39, 0.29) is 12.6 Å². The van der Waals surface area contributed by atoms with Crippen LogP contribution >= 0.6 is 0 Å². The molecular weight excluding hydrogens is 172 g/mol. The number of rotatable bonds is 8. The number of hydrogen-bond donors (Lipinski definition) is 0. The van der Waals surface area contributed by atoms with E-state index in [0.29, 0.717) is 19.6 Å². The second-order valence-corrected chi connectivity index (χ2v) is 2.48. The van der Waals surface area contributed by atoms with Crippen LogP contribution in [0.15, 0.2) is 0 Å². The van der Waals surface area contributed by atoms with Gasteiger partial charge in [-0.25, -0.2) is 0 Å². The predicted molar refractivity (Wildman–Crippen MR) is 49.5 cm³/mol. The zero-order valence-electron chi connectivity index (χ0n) is 8.91. The zero-order chi connectivity index (χ0) is 10.1. The second-order valence-electron chi connectivity index (χ2n) is 2.48. The fourth-order valence-electron chi connectivity index (χ4n) is 0.994. The van der Waals surface area contributed by atoms with Crippen LogP contribution < -0.4 is 0 Å². The molecule has 0 aromatic carbocycles. The van der Waals surface area contributed by atoms with Gasteiger partial charge in [0.2, 0.25) is 0 Å². The van der Waals surface area contributed by atoms with Crippen molar-refractivity contribution in [3.8, 4) is 0 Å². The fraction of sp³-hybridized carbons (Fsp3) is 1.00. The minimum atomic E-state index is -0.249. The van der Waals surface area contributed by atoms with Crippen molar-refractivity contribution in [1.82, 2.24) is 0 Å². The molecule has 0 aliphatic rings. The summed E-state index contributed by atoms with van der Waals surface area (Å²) in [4.78, 5) is 0. The molecule has 0 fully saturated rings. The Bertz CT molecular complexity index is 95.8. The van der Waals surface area contributed by atoms with Crippen LogP contribution in [0.5, 0.6) is 0 Å². The number of methoxy groups -OCH3 is 2. The highest BCUT2D eigenvalue weighted by Crippen LogP contribution is 2.07. The summed E-state index contributed by atoms with van der Waals surface area (Å²) in [5, 5.41) is 0. The first kappa shape index (κ1) is 12.8. The van der Waals surface area contributed by atoms with Gasteiger partial charge in [0.25, 0.3) is 0 Å². The predicted octanol–water partition coefficient (Wildman–Crippen LogP) is 1.39. The quantitative estimate of drug-likeness (QED) is 0.545. The highest BCUT2D eigenvalue weighted by atomic mass is 16.7. The molecule has 0 amide bonds. The van der Waals surface area contributed by atoms with Crippen molar-refractivity contribution in [1.29, 1.82) is 0 Å². The molecule has 80 valence electrons. The molecule has 0 heterocycles. The topological polar surface area (TPSA) is 36.9 Å². The van der Waals surface area contributed by atoms with Gasteiger partial charge in [-0.1, -0.05) is 0 Å². The Morgan fingerprint density at radius 3 is 1.46 bits per heavy atom. The minimum Gasteiger partial charge on any atom is -0.356 e. The maximum Gasteiger partial charge on any atom is 0.162 e. The summed E-state index contributed by atoms with van der Waals surface area (Å²) in [6, 6.07) is 0. The standard InChI is InChI=1S/C9H20O4/c1-5-12-8(10-3)7-9(11-4)13-6-2/h8-9H,5-7H2,1-4H3. The Hall–Kier alpha value is -0.160. The van der Waals surface area contributed by atoms with E-state index in [2.05, 4.69) is 0 Å². The van der Waals surface area contributed by atoms with Gasteiger partial charge in [-0.3, -0.25) is 0 Å². The third-order valence-corrected chi connectivity index (χ3v) is 1.62. The summed E-state index contributed by atoms with van der Waals surface area (Å²) in [5.74, 6) is 0. The third kappa shape index (κ3) is 5.99. The molecular formula is C9H20O4. The summed E-state index contributed by atoms with van der Waals surface area (Å²) in [6.07, 6.45) is 0.0947. The lowest BCUT2D eigenvalue weighted by Gasteiger charge is -2.21. The molecule has 2 atom stereocenters. The Labute approximate surface area is 80.1 Å². The van der Waals surface area contributed by atoms with Gasteiger partial charge < -0.3 is 18.9 Å². The number of hydrogen-bond acceptors (Lipinski definition) is 4. The van der Waals surface area contributed by atoms with E-state index in [1.54, 1.807) is 14.2 Å². The molecule has 4 heteroatoms. The van der Waals surface area contributed by atoms with E-state index >= 15 is 0 Å². The van der Waals surface area contributed by atoms with Crippen LogP contribution in [0.25, 0.3) is 0 Å². The number of ether oxygens (including phenoxy) is 4. The lowest BCUT2D eigenvalue weighted by Crippen LogP contribution is -2.26. The van der Waals surface area contributed by atoms with Crippen LogP contribution in [0.1, 0.15) is 20.3 Å². The molecule has 4 nitrogen and oxygen atoms in total. The summed E-state index contributed by atoms with van der Waals surface area (Å²) < 4.78 is 20.7. The van der Waals surface area contributed by atoms with E-state index < -0.39 is 0 Å². The first-order chi connectivity index (χ1) is 6.28. The van der Waals surface area contributed by atoms with Gasteiger partial charge in [0, 0.05) is 33.9 Å². The lowest BCUT2D eigenvalue weighted by molar-refractivity contribution is -0.193. The van der Waals surface area contributed by atoms with E-state index in [1.807, 2.05) is 13.8 Å². The second kappa shape index (κ2) is 8.44. The fourth-order valence-corrected chi connectivity index (χ4v) is 0.994. The average Bonchev–Trinajstić information content (AvgIpc) is 2.16. The normalized spacial score (nSPS) is 15.7. The molecule has 0 N–H and O–H groups in total. The molecule has 0 aromatic rings. The molecule has 0 rings (SSSR count). The van der Waals surface area contributed by atoms with E-state index in [1.165, 1.54) is 0 Å². The van der Waals surface area contributed by atoms with Crippen LogP contribution in [-0.2, 0) is 18.9 Å². The molecule has 0 saturated heterocycles. The summed E-state index contributed by atoms with van der Waals surface area (Å²) in [7, 11) is 3.22. The maximum absolute atomic E-state index is 5.29. The largest absolute Gasteiger partial charge is 0.356 e. The Morgan fingerprint density at radius 1 is 0.846 bits per heavy atom. The molecule has 0 aromatic heterocycles. The molecule has 0 radical (unpaired) electrons. The van der Waals surface area contributed by atoms with E-state index in [0.717, 1.165) is 0 Å². The van der Waals surface area contributed by atoms with Crippen molar-refractivity contribution in [2.24, 2.45) is 0 Å². The summed E-state index contributed by atoms with van der Waals surface area (Å²) in [5.41, 5.74) is 0. The Balaban J connectivity index is 3.73.